The molecule has 0 saturated heterocycles. The lowest BCUT2D eigenvalue weighted by atomic mass is 10.0. The van der Waals surface area contributed by atoms with Crippen LogP contribution in [0.5, 0.6) is 5.75 Å². The first-order chi connectivity index (χ1) is 6.72. The lowest BCUT2D eigenvalue weighted by Crippen LogP contribution is -2.17. The molecule has 14 heavy (non-hydrogen) atoms. The monoisotopic (exact) mass is 200 g/mol. The van der Waals surface area contributed by atoms with Crippen LogP contribution in [0, 0.1) is 11.6 Å². The number of hydrogen-bond donors (Lipinski definition) is 0. The molecule has 0 spiro atoms. The Morgan fingerprint density at radius 2 is 2.21 bits per heavy atom. The van der Waals surface area contributed by atoms with Crippen LogP contribution in [0.15, 0.2) is 12.1 Å². The van der Waals surface area contributed by atoms with Crippen LogP contribution in [-0.2, 0) is 4.74 Å². The molecule has 0 fully saturated rings. The maximum absolute atomic E-state index is 13.4. The maximum atomic E-state index is 13.4. The molecule has 0 aliphatic carbocycles. The van der Waals surface area contributed by atoms with Crippen LogP contribution >= 0.6 is 0 Å². The molecule has 1 aromatic carbocycles. The summed E-state index contributed by atoms with van der Waals surface area (Å²) < 4.78 is 36.4. The summed E-state index contributed by atoms with van der Waals surface area (Å²) in [6.07, 6.45) is 0.255. The fourth-order valence-electron chi connectivity index (χ4n) is 1.65. The molecule has 0 saturated carbocycles. The van der Waals surface area contributed by atoms with Crippen LogP contribution in [0.25, 0.3) is 0 Å². The van der Waals surface area contributed by atoms with Crippen molar-refractivity contribution in [2.75, 3.05) is 13.7 Å². The van der Waals surface area contributed by atoms with Crippen LogP contribution in [0.3, 0.4) is 0 Å². The van der Waals surface area contributed by atoms with Gasteiger partial charge < -0.3 is 9.47 Å². The highest BCUT2D eigenvalue weighted by Gasteiger charge is 2.25. The van der Waals surface area contributed by atoms with Gasteiger partial charge in [-0.25, -0.2) is 8.78 Å². The van der Waals surface area contributed by atoms with Crippen LogP contribution in [0.2, 0.25) is 0 Å². The van der Waals surface area contributed by atoms with Crippen LogP contribution in [0.4, 0.5) is 8.78 Å². The topological polar surface area (TPSA) is 18.5 Å². The van der Waals surface area contributed by atoms with Gasteiger partial charge in [0.15, 0.2) is 0 Å². The predicted octanol–water partition coefficient (Wildman–Crippen LogP) is 2.43. The average molecular weight is 200 g/mol. The predicted molar refractivity (Wildman–Crippen MR) is 46.2 cm³/mol. The molecule has 0 aromatic heterocycles. The van der Waals surface area contributed by atoms with E-state index in [1.165, 1.54) is 13.2 Å². The highest BCUT2D eigenvalue weighted by Crippen LogP contribution is 2.36. The number of fused-ring (bicyclic) bond motifs is 1. The molecule has 1 atom stereocenters. The number of methoxy groups -OCH3 is 1. The molecule has 0 bridgehead atoms. The van der Waals surface area contributed by atoms with Gasteiger partial charge in [-0.1, -0.05) is 0 Å². The molecule has 1 aliphatic rings. The Kier molecular flexibility index (Phi) is 2.37. The standard InChI is InChI=1S/C10H10F2O2/c1-13-8-2-3-14-9-5-6(11)4-7(12)10(8)9/h4-5,8H,2-3H2,1H3/t8-/m0/s1. The van der Waals surface area contributed by atoms with E-state index < -0.39 is 11.6 Å². The van der Waals surface area contributed by atoms with Crippen molar-refractivity contribution < 1.29 is 18.3 Å². The SMILES string of the molecule is CO[C@H]1CCOc2cc(F)cc(F)c21. The van der Waals surface area contributed by atoms with Crippen molar-refractivity contribution in [3.63, 3.8) is 0 Å². The number of hydrogen-bond acceptors (Lipinski definition) is 2. The lowest BCUT2D eigenvalue weighted by molar-refractivity contribution is 0.0599. The van der Waals surface area contributed by atoms with E-state index in [4.69, 9.17) is 9.47 Å². The number of ether oxygens (including phenoxy) is 2. The van der Waals surface area contributed by atoms with Crippen molar-refractivity contribution in [2.24, 2.45) is 0 Å². The normalized spacial score (nSPS) is 20.1. The van der Waals surface area contributed by atoms with E-state index in [0.29, 0.717) is 18.6 Å². The summed E-state index contributed by atoms with van der Waals surface area (Å²) in [5, 5.41) is 0. The largest absolute Gasteiger partial charge is 0.493 e. The van der Waals surface area contributed by atoms with Crippen LogP contribution < -0.4 is 4.74 Å². The van der Waals surface area contributed by atoms with Crippen molar-refractivity contribution in [1.29, 1.82) is 0 Å². The highest BCUT2D eigenvalue weighted by molar-refractivity contribution is 5.38. The zero-order valence-electron chi connectivity index (χ0n) is 7.72. The average Bonchev–Trinajstić information content (AvgIpc) is 2.16. The van der Waals surface area contributed by atoms with Crippen molar-refractivity contribution >= 4 is 0 Å². The maximum Gasteiger partial charge on any atom is 0.135 e. The Bertz CT molecular complexity index is 352. The van der Waals surface area contributed by atoms with Gasteiger partial charge in [-0.15, -0.1) is 0 Å². The highest BCUT2D eigenvalue weighted by atomic mass is 19.1. The van der Waals surface area contributed by atoms with Gasteiger partial charge in [0.2, 0.25) is 0 Å². The summed E-state index contributed by atoms with van der Waals surface area (Å²) in [7, 11) is 1.50. The van der Waals surface area contributed by atoms with E-state index in [1.54, 1.807) is 0 Å². The van der Waals surface area contributed by atoms with Gasteiger partial charge in [0, 0.05) is 25.7 Å². The fourth-order valence-corrected chi connectivity index (χ4v) is 1.65. The molecule has 2 rings (SSSR count). The second-order valence-electron chi connectivity index (χ2n) is 3.16. The molecule has 0 radical (unpaired) electrons. The Morgan fingerprint density at radius 1 is 1.43 bits per heavy atom. The van der Waals surface area contributed by atoms with Gasteiger partial charge in [0.05, 0.1) is 18.3 Å². The molecule has 0 amide bonds. The van der Waals surface area contributed by atoms with Gasteiger partial charge in [-0.05, 0) is 0 Å². The first kappa shape index (κ1) is 9.40. The molecule has 4 heteroatoms. The molecule has 1 aromatic rings. The van der Waals surface area contributed by atoms with Gasteiger partial charge >= 0.3 is 0 Å². The molecule has 0 N–H and O–H groups in total. The first-order valence-corrected chi connectivity index (χ1v) is 4.37. The van der Waals surface area contributed by atoms with Gasteiger partial charge in [-0.3, -0.25) is 0 Å². The zero-order valence-corrected chi connectivity index (χ0v) is 7.72. The van der Waals surface area contributed by atoms with Crippen molar-refractivity contribution in [1.82, 2.24) is 0 Å². The van der Waals surface area contributed by atoms with E-state index in [-0.39, 0.29) is 11.9 Å². The number of benzene rings is 1. The molecular formula is C10H10F2O2. The molecule has 1 heterocycles. The van der Waals surface area contributed by atoms with Crippen LogP contribution in [0.1, 0.15) is 18.1 Å². The third-order valence-corrected chi connectivity index (χ3v) is 2.30. The van der Waals surface area contributed by atoms with Gasteiger partial charge in [0.1, 0.15) is 17.4 Å². The summed E-state index contributed by atoms with van der Waals surface area (Å²) in [5.74, 6) is -0.981. The second kappa shape index (κ2) is 3.53. The van der Waals surface area contributed by atoms with Crippen molar-refractivity contribution in [3.8, 4) is 5.75 Å². The summed E-state index contributed by atoms with van der Waals surface area (Å²) in [5.41, 5.74) is 0.320. The van der Waals surface area contributed by atoms with Crippen molar-refractivity contribution in [3.05, 3.63) is 29.3 Å². The Hall–Kier alpha value is -1.16. The smallest absolute Gasteiger partial charge is 0.135 e. The number of halogens is 2. The third kappa shape index (κ3) is 1.46. The molecular weight excluding hydrogens is 190 g/mol. The Morgan fingerprint density at radius 3 is 2.93 bits per heavy atom. The summed E-state index contributed by atoms with van der Waals surface area (Å²) in [6.45, 7) is 0.425. The van der Waals surface area contributed by atoms with E-state index in [9.17, 15) is 8.78 Å². The Balaban J connectivity index is 2.51. The lowest BCUT2D eigenvalue weighted by Gasteiger charge is -2.25. The van der Waals surface area contributed by atoms with Crippen LogP contribution in [-0.4, -0.2) is 13.7 Å². The molecule has 76 valence electrons. The molecule has 2 nitrogen and oxygen atoms in total. The van der Waals surface area contributed by atoms with E-state index in [2.05, 4.69) is 0 Å². The summed E-state index contributed by atoms with van der Waals surface area (Å²) >= 11 is 0. The fraction of sp³-hybridized carbons (Fsp3) is 0.400. The summed E-state index contributed by atoms with van der Waals surface area (Å²) in [4.78, 5) is 0. The third-order valence-electron chi connectivity index (χ3n) is 2.30. The summed E-state index contributed by atoms with van der Waals surface area (Å²) in [6, 6.07) is 2.03. The minimum absolute atomic E-state index is 0.251. The van der Waals surface area contributed by atoms with Gasteiger partial charge in [-0.2, -0.15) is 0 Å². The van der Waals surface area contributed by atoms with E-state index in [1.807, 2.05) is 0 Å². The minimum atomic E-state index is -0.627. The van der Waals surface area contributed by atoms with E-state index >= 15 is 0 Å². The van der Waals surface area contributed by atoms with Gasteiger partial charge in [0.25, 0.3) is 0 Å². The zero-order chi connectivity index (χ0) is 10.1. The molecule has 0 unspecified atom stereocenters. The van der Waals surface area contributed by atoms with Crippen molar-refractivity contribution in [2.45, 2.75) is 12.5 Å². The minimum Gasteiger partial charge on any atom is -0.493 e. The second-order valence-corrected chi connectivity index (χ2v) is 3.16. The quantitative estimate of drug-likeness (QED) is 0.693. The first-order valence-electron chi connectivity index (χ1n) is 4.37. The Labute approximate surface area is 80.4 Å². The van der Waals surface area contributed by atoms with E-state index in [0.717, 1.165) is 6.07 Å². The molecule has 1 aliphatic heterocycles. The number of rotatable bonds is 1.